The summed E-state index contributed by atoms with van der Waals surface area (Å²) in [5.74, 6) is -0.0880. The van der Waals surface area contributed by atoms with Gasteiger partial charge in [0, 0.05) is 18.7 Å². The van der Waals surface area contributed by atoms with Crippen LogP contribution >= 0.6 is 0 Å². The fourth-order valence-corrected chi connectivity index (χ4v) is 2.74. The fraction of sp³-hybridized carbons (Fsp3) is 0.529. The monoisotopic (exact) mass is 303 g/mol. The summed E-state index contributed by atoms with van der Waals surface area (Å²) in [5, 5.41) is 2.73. The number of benzene rings is 1. The third-order valence-electron chi connectivity index (χ3n) is 3.98. The molecule has 0 aromatic heterocycles. The van der Waals surface area contributed by atoms with Gasteiger partial charge in [-0.25, -0.2) is 0 Å². The maximum absolute atomic E-state index is 12.2. The second-order valence-electron chi connectivity index (χ2n) is 5.65. The lowest BCUT2D eigenvalue weighted by Crippen LogP contribution is -2.39. The molecule has 0 fully saturated rings. The molecular weight excluding hydrogens is 278 g/mol. The average molecular weight is 303 g/mol. The predicted molar refractivity (Wildman–Crippen MR) is 87.6 cm³/mol. The number of nitrogens with zero attached hydrogens (tertiary/aromatic N) is 1. The van der Waals surface area contributed by atoms with Gasteiger partial charge in [0.05, 0.1) is 6.54 Å². The van der Waals surface area contributed by atoms with Crippen LogP contribution < -0.4 is 16.0 Å². The Labute approximate surface area is 131 Å². The number of carbonyl (C=O) groups is 2. The first-order valence-corrected chi connectivity index (χ1v) is 8.07. The van der Waals surface area contributed by atoms with Gasteiger partial charge in [-0.05, 0) is 37.4 Å². The molecule has 1 aliphatic heterocycles. The summed E-state index contributed by atoms with van der Waals surface area (Å²) in [7, 11) is 0. The summed E-state index contributed by atoms with van der Waals surface area (Å²) in [4.78, 5) is 25.7. The number of rotatable bonds is 8. The van der Waals surface area contributed by atoms with E-state index in [0.717, 1.165) is 37.8 Å². The molecule has 1 aliphatic rings. The third kappa shape index (κ3) is 4.56. The normalized spacial score (nSPS) is 13.0. The molecule has 1 aromatic rings. The average Bonchev–Trinajstić information content (AvgIpc) is 2.96. The van der Waals surface area contributed by atoms with E-state index >= 15 is 0 Å². The number of para-hydroxylation sites is 1. The summed E-state index contributed by atoms with van der Waals surface area (Å²) >= 11 is 0. The van der Waals surface area contributed by atoms with Gasteiger partial charge in [-0.3, -0.25) is 9.59 Å². The molecule has 22 heavy (non-hydrogen) atoms. The molecule has 1 aromatic carbocycles. The van der Waals surface area contributed by atoms with E-state index in [1.54, 1.807) is 4.90 Å². The number of hydrogen-bond donors (Lipinski definition) is 2. The van der Waals surface area contributed by atoms with Gasteiger partial charge in [0.2, 0.25) is 11.8 Å². The molecule has 0 radical (unpaired) electrons. The van der Waals surface area contributed by atoms with Crippen molar-refractivity contribution in [1.29, 1.82) is 0 Å². The van der Waals surface area contributed by atoms with Crippen LogP contribution in [0, 0.1) is 0 Å². The van der Waals surface area contributed by atoms with Gasteiger partial charge in [0.15, 0.2) is 0 Å². The minimum Gasteiger partial charge on any atom is -0.347 e. The van der Waals surface area contributed by atoms with Crippen molar-refractivity contribution in [1.82, 2.24) is 5.32 Å². The molecule has 0 saturated carbocycles. The Morgan fingerprint density at radius 2 is 1.91 bits per heavy atom. The molecular formula is C17H25N3O2. The number of nitrogens with two attached hydrogens (primary N) is 1. The van der Waals surface area contributed by atoms with Crippen LogP contribution in [0.4, 0.5) is 5.69 Å². The Hall–Kier alpha value is -1.88. The van der Waals surface area contributed by atoms with E-state index in [0.29, 0.717) is 19.5 Å². The summed E-state index contributed by atoms with van der Waals surface area (Å²) in [5.41, 5.74) is 7.60. The molecule has 0 bridgehead atoms. The molecule has 5 heteroatoms. The SMILES string of the molecule is NCCCCCCC(=O)NCC(=O)N1CCc2ccccc21. The molecule has 1 heterocycles. The Morgan fingerprint density at radius 3 is 2.73 bits per heavy atom. The fourth-order valence-electron chi connectivity index (χ4n) is 2.74. The summed E-state index contributed by atoms with van der Waals surface area (Å²) in [6, 6.07) is 7.92. The van der Waals surface area contributed by atoms with Crippen LogP contribution in [0.5, 0.6) is 0 Å². The van der Waals surface area contributed by atoms with Gasteiger partial charge >= 0.3 is 0 Å². The van der Waals surface area contributed by atoms with Crippen LogP contribution in [0.25, 0.3) is 0 Å². The zero-order chi connectivity index (χ0) is 15.8. The van der Waals surface area contributed by atoms with Crippen LogP contribution in [-0.2, 0) is 16.0 Å². The van der Waals surface area contributed by atoms with Gasteiger partial charge in [-0.15, -0.1) is 0 Å². The number of fused-ring (bicyclic) bond motifs is 1. The molecule has 2 rings (SSSR count). The highest BCUT2D eigenvalue weighted by Gasteiger charge is 2.23. The lowest BCUT2D eigenvalue weighted by Gasteiger charge is -2.17. The zero-order valence-corrected chi connectivity index (χ0v) is 13.0. The largest absolute Gasteiger partial charge is 0.347 e. The maximum atomic E-state index is 12.2. The van der Waals surface area contributed by atoms with E-state index < -0.39 is 0 Å². The molecule has 3 N–H and O–H groups in total. The Morgan fingerprint density at radius 1 is 1.14 bits per heavy atom. The number of carbonyl (C=O) groups excluding carboxylic acids is 2. The third-order valence-corrected chi connectivity index (χ3v) is 3.98. The van der Waals surface area contributed by atoms with Crippen LogP contribution in [0.1, 0.15) is 37.7 Å². The van der Waals surface area contributed by atoms with Gasteiger partial charge in [-0.2, -0.15) is 0 Å². The van der Waals surface area contributed by atoms with Crippen LogP contribution in [-0.4, -0.2) is 31.4 Å². The Bertz CT molecular complexity index is 516. The lowest BCUT2D eigenvalue weighted by atomic mass is 10.1. The summed E-state index contributed by atoms with van der Waals surface area (Å²) in [6.45, 7) is 1.49. The van der Waals surface area contributed by atoms with Gasteiger partial charge in [0.1, 0.15) is 0 Å². The molecule has 0 unspecified atom stereocenters. The quantitative estimate of drug-likeness (QED) is 0.716. The maximum Gasteiger partial charge on any atom is 0.246 e. The second-order valence-corrected chi connectivity index (χ2v) is 5.65. The lowest BCUT2D eigenvalue weighted by molar-refractivity contribution is -0.125. The Balaban J connectivity index is 1.69. The van der Waals surface area contributed by atoms with Crippen molar-refractivity contribution >= 4 is 17.5 Å². The zero-order valence-electron chi connectivity index (χ0n) is 13.0. The van der Waals surface area contributed by atoms with E-state index in [9.17, 15) is 9.59 Å². The van der Waals surface area contributed by atoms with E-state index in [2.05, 4.69) is 5.32 Å². The highest BCUT2D eigenvalue weighted by Crippen LogP contribution is 2.27. The second kappa shape index (κ2) is 8.54. The number of unbranched alkanes of at least 4 members (excludes halogenated alkanes) is 3. The first-order valence-electron chi connectivity index (χ1n) is 8.07. The number of amides is 2. The van der Waals surface area contributed by atoms with Gasteiger partial charge in [0.25, 0.3) is 0 Å². The molecule has 120 valence electrons. The first kappa shape index (κ1) is 16.5. The number of nitrogens with one attached hydrogen (secondary N) is 1. The first-order chi connectivity index (χ1) is 10.7. The topological polar surface area (TPSA) is 75.4 Å². The molecule has 5 nitrogen and oxygen atoms in total. The summed E-state index contributed by atoms with van der Waals surface area (Å²) in [6.07, 6.45) is 5.30. The van der Waals surface area contributed by atoms with Crippen LogP contribution in [0.15, 0.2) is 24.3 Å². The predicted octanol–water partition coefficient (Wildman–Crippen LogP) is 1.60. The molecule has 0 aliphatic carbocycles. The van der Waals surface area contributed by atoms with E-state index in [4.69, 9.17) is 5.73 Å². The van der Waals surface area contributed by atoms with Crippen molar-refractivity contribution in [3.8, 4) is 0 Å². The van der Waals surface area contributed by atoms with Crippen LogP contribution in [0.3, 0.4) is 0 Å². The van der Waals surface area contributed by atoms with Gasteiger partial charge < -0.3 is 16.0 Å². The van der Waals surface area contributed by atoms with Crippen molar-refractivity contribution in [3.63, 3.8) is 0 Å². The van der Waals surface area contributed by atoms with Crippen molar-refractivity contribution in [3.05, 3.63) is 29.8 Å². The standard InChI is InChI=1S/C17H25N3O2/c18-11-6-2-1-3-9-16(21)19-13-17(22)20-12-10-14-7-4-5-8-15(14)20/h4-5,7-8H,1-3,6,9-13,18H2,(H,19,21). The summed E-state index contributed by atoms with van der Waals surface area (Å²) < 4.78 is 0. The molecule has 2 amide bonds. The van der Waals surface area contributed by atoms with Crippen molar-refractivity contribution in [2.75, 3.05) is 24.5 Å². The van der Waals surface area contributed by atoms with Gasteiger partial charge in [-0.1, -0.05) is 31.0 Å². The molecule has 0 saturated heterocycles. The van der Waals surface area contributed by atoms with Crippen molar-refractivity contribution in [2.24, 2.45) is 5.73 Å². The highest BCUT2D eigenvalue weighted by atomic mass is 16.2. The minimum absolute atomic E-state index is 0.0403. The number of hydrogen-bond acceptors (Lipinski definition) is 3. The minimum atomic E-state index is -0.0476. The van der Waals surface area contributed by atoms with E-state index in [1.165, 1.54) is 5.56 Å². The smallest absolute Gasteiger partial charge is 0.246 e. The molecule has 0 atom stereocenters. The van der Waals surface area contributed by atoms with Crippen molar-refractivity contribution < 1.29 is 9.59 Å². The molecule has 0 spiro atoms. The highest BCUT2D eigenvalue weighted by molar-refractivity contribution is 5.98. The van der Waals surface area contributed by atoms with E-state index in [1.807, 2.05) is 24.3 Å². The number of anilines is 1. The van der Waals surface area contributed by atoms with Crippen LogP contribution in [0.2, 0.25) is 0 Å². The Kier molecular flexibility index (Phi) is 6.40. The van der Waals surface area contributed by atoms with E-state index in [-0.39, 0.29) is 18.4 Å². The van der Waals surface area contributed by atoms with Crippen molar-refractivity contribution in [2.45, 2.75) is 38.5 Å².